The van der Waals surface area contributed by atoms with E-state index in [1.54, 1.807) is 13.3 Å². The van der Waals surface area contributed by atoms with E-state index in [-0.39, 0.29) is 30.9 Å². The highest BCUT2D eigenvalue weighted by atomic mass is 16.5. The van der Waals surface area contributed by atoms with Crippen molar-refractivity contribution in [2.75, 3.05) is 26.4 Å². The number of aromatic nitrogens is 2. The third-order valence-corrected chi connectivity index (χ3v) is 6.17. The average Bonchev–Trinajstić information content (AvgIpc) is 3.19. The van der Waals surface area contributed by atoms with Gasteiger partial charge in [-0.3, -0.25) is 4.79 Å². The van der Waals surface area contributed by atoms with Crippen LogP contribution in [0.1, 0.15) is 43.1 Å². The van der Waals surface area contributed by atoms with Crippen molar-refractivity contribution in [3.05, 3.63) is 42.4 Å². The van der Waals surface area contributed by atoms with Crippen LogP contribution in [-0.2, 0) is 20.8 Å². The Balaban J connectivity index is 1.52. The minimum absolute atomic E-state index is 0.0294. The van der Waals surface area contributed by atoms with E-state index in [1.807, 2.05) is 39.8 Å². The summed E-state index contributed by atoms with van der Waals surface area (Å²) in [4.78, 5) is 30.8. The number of esters is 1. The van der Waals surface area contributed by atoms with Gasteiger partial charge in [-0.1, -0.05) is 30.3 Å². The maximum atomic E-state index is 12.5. The quantitative estimate of drug-likeness (QED) is 0.711. The number of ether oxygens (including phenoxy) is 2. The van der Waals surface area contributed by atoms with Crippen molar-refractivity contribution in [1.29, 1.82) is 0 Å². The lowest BCUT2D eigenvalue weighted by Gasteiger charge is -2.42. The molecule has 1 aromatic carbocycles. The van der Waals surface area contributed by atoms with Gasteiger partial charge < -0.3 is 24.0 Å². The summed E-state index contributed by atoms with van der Waals surface area (Å²) in [5, 5.41) is 11.3. The second-order valence-corrected chi connectivity index (χ2v) is 8.25. The Morgan fingerprint density at radius 2 is 2.03 bits per heavy atom. The zero-order chi connectivity index (χ0) is 21.8. The number of morpholine rings is 1. The van der Waals surface area contributed by atoms with Gasteiger partial charge in [0.15, 0.2) is 5.69 Å². The van der Waals surface area contributed by atoms with Gasteiger partial charge in [0.05, 0.1) is 37.4 Å². The molecule has 1 N–H and O–H groups in total. The zero-order valence-corrected chi connectivity index (χ0v) is 17.8. The first kappa shape index (κ1) is 21.5. The Kier molecular flexibility index (Phi) is 6.38. The molecule has 0 unspecified atom stereocenters. The van der Waals surface area contributed by atoms with Gasteiger partial charge in [0, 0.05) is 18.2 Å². The molecule has 0 radical (unpaired) electrons. The van der Waals surface area contributed by atoms with Crippen molar-refractivity contribution in [2.45, 2.75) is 50.8 Å². The number of carbonyl (C=O) groups is 2. The van der Waals surface area contributed by atoms with Gasteiger partial charge in [0.25, 0.3) is 0 Å². The van der Waals surface area contributed by atoms with Crippen LogP contribution in [0, 0.1) is 0 Å². The Bertz CT molecular complexity index is 919. The molecule has 4 rings (SSSR count). The van der Waals surface area contributed by atoms with Crippen LogP contribution in [0.4, 0.5) is 0 Å². The van der Waals surface area contributed by atoms with E-state index in [4.69, 9.17) is 9.47 Å². The molecule has 1 saturated heterocycles. The summed E-state index contributed by atoms with van der Waals surface area (Å²) in [5.74, 6) is -0.441. The van der Waals surface area contributed by atoms with Crippen molar-refractivity contribution in [3.63, 3.8) is 0 Å². The van der Waals surface area contributed by atoms with Crippen LogP contribution in [-0.4, -0.2) is 69.4 Å². The first-order chi connectivity index (χ1) is 15.0. The molecule has 8 nitrogen and oxygen atoms in total. The number of benzene rings is 1. The van der Waals surface area contributed by atoms with E-state index < -0.39 is 11.6 Å². The second-order valence-electron chi connectivity index (χ2n) is 8.25. The lowest BCUT2D eigenvalue weighted by molar-refractivity contribution is -0.148. The summed E-state index contributed by atoms with van der Waals surface area (Å²) in [5.41, 5.74) is 0.823. The predicted octanol–water partition coefficient (Wildman–Crippen LogP) is 2.26. The summed E-state index contributed by atoms with van der Waals surface area (Å²) in [6.07, 6.45) is 4.22. The number of rotatable bonds is 6. The molecule has 2 aliphatic rings. The normalized spacial score (nSPS) is 24.3. The summed E-state index contributed by atoms with van der Waals surface area (Å²) in [7, 11) is 0. The lowest BCUT2D eigenvalue weighted by atomic mass is 9.81. The van der Waals surface area contributed by atoms with E-state index in [0.717, 1.165) is 18.4 Å². The van der Waals surface area contributed by atoms with Crippen molar-refractivity contribution < 1.29 is 24.2 Å². The molecule has 0 spiro atoms. The highest BCUT2D eigenvalue weighted by Crippen LogP contribution is 2.34. The fourth-order valence-electron chi connectivity index (χ4n) is 4.59. The van der Waals surface area contributed by atoms with Crippen molar-refractivity contribution in [1.82, 2.24) is 14.5 Å². The molecular weight excluding hydrogens is 398 g/mol. The minimum Gasteiger partial charge on any atom is -0.461 e. The van der Waals surface area contributed by atoms with Crippen LogP contribution >= 0.6 is 0 Å². The smallest absolute Gasteiger partial charge is 0.359 e. The maximum Gasteiger partial charge on any atom is 0.359 e. The van der Waals surface area contributed by atoms with Crippen LogP contribution in [0.15, 0.2) is 36.7 Å². The monoisotopic (exact) mass is 427 g/mol. The predicted molar refractivity (Wildman–Crippen MR) is 113 cm³/mol. The fourth-order valence-corrected chi connectivity index (χ4v) is 4.59. The topological polar surface area (TPSA) is 93.9 Å². The van der Waals surface area contributed by atoms with Crippen LogP contribution in [0.5, 0.6) is 0 Å². The third-order valence-electron chi connectivity index (χ3n) is 6.17. The molecule has 1 saturated carbocycles. The highest BCUT2D eigenvalue weighted by Gasteiger charge is 2.38. The molecule has 0 bridgehead atoms. The van der Waals surface area contributed by atoms with Gasteiger partial charge in [-0.05, 0) is 32.6 Å². The number of hydrogen-bond donors (Lipinski definition) is 1. The largest absolute Gasteiger partial charge is 0.461 e. The first-order valence-corrected chi connectivity index (χ1v) is 10.9. The van der Waals surface area contributed by atoms with Crippen molar-refractivity contribution in [3.8, 4) is 11.3 Å². The van der Waals surface area contributed by atoms with E-state index in [9.17, 15) is 14.7 Å². The van der Waals surface area contributed by atoms with E-state index in [1.165, 1.54) is 0 Å². The third kappa shape index (κ3) is 4.65. The number of nitrogens with zero attached hydrogens (tertiary/aromatic N) is 3. The van der Waals surface area contributed by atoms with E-state index >= 15 is 0 Å². The molecule has 0 atom stereocenters. The van der Waals surface area contributed by atoms with Gasteiger partial charge in [0.2, 0.25) is 5.91 Å². The van der Waals surface area contributed by atoms with Crippen LogP contribution < -0.4 is 0 Å². The summed E-state index contributed by atoms with van der Waals surface area (Å²) >= 11 is 0. The summed E-state index contributed by atoms with van der Waals surface area (Å²) in [6.45, 7) is 3.69. The molecule has 1 aliphatic carbocycles. The maximum absolute atomic E-state index is 12.5. The van der Waals surface area contributed by atoms with Gasteiger partial charge in [-0.15, -0.1) is 0 Å². The summed E-state index contributed by atoms with van der Waals surface area (Å²) < 4.78 is 12.3. The van der Waals surface area contributed by atoms with Gasteiger partial charge in [-0.2, -0.15) is 0 Å². The molecule has 1 aliphatic heterocycles. The molecule has 2 aromatic rings. The molecule has 31 heavy (non-hydrogen) atoms. The molecule has 166 valence electrons. The molecule has 1 aromatic heterocycles. The Hall–Kier alpha value is -2.71. The molecule has 8 heteroatoms. The zero-order valence-electron chi connectivity index (χ0n) is 17.8. The Morgan fingerprint density at radius 3 is 2.71 bits per heavy atom. The van der Waals surface area contributed by atoms with Crippen molar-refractivity contribution >= 4 is 11.9 Å². The number of carbonyl (C=O) groups excluding carboxylic acids is 2. The SMILES string of the molecule is CCOC(=O)c1ncn(CC2(O)CCC(N3CCOCC3=O)CC2)c1-c1ccccc1. The van der Waals surface area contributed by atoms with Gasteiger partial charge in [0.1, 0.15) is 6.61 Å². The Morgan fingerprint density at radius 1 is 1.29 bits per heavy atom. The van der Waals surface area contributed by atoms with Gasteiger partial charge >= 0.3 is 5.97 Å². The molecular formula is C23H29N3O5. The number of imidazole rings is 1. The fraction of sp³-hybridized carbons (Fsp3) is 0.522. The highest BCUT2D eigenvalue weighted by molar-refractivity contribution is 5.94. The second kappa shape index (κ2) is 9.20. The van der Waals surface area contributed by atoms with E-state index in [0.29, 0.717) is 38.2 Å². The molecule has 1 amide bonds. The lowest BCUT2D eigenvalue weighted by Crippen LogP contribution is -2.51. The van der Waals surface area contributed by atoms with Crippen LogP contribution in [0.3, 0.4) is 0 Å². The van der Waals surface area contributed by atoms with Crippen molar-refractivity contribution in [2.24, 2.45) is 0 Å². The number of aliphatic hydroxyl groups is 1. The number of hydrogen-bond acceptors (Lipinski definition) is 6. The standard InChI is InChI=1S/C23H29N3O5/c1-2-31-22(28)20-21(17-6-4-3-5-7-17)25(16-24-20)15-23(29)10-8-18(9-11-23)26-12-13-30-14-19(26)27/h3-7,16,18,29H,2,8-15H2,1H3. The number of amides is 1. The Labute approximate surface area is 181 Å². The molecule has 2 heterocycles. The average molecular weight is 428 g/mol. The van der Waals surface area contributed by atoms with Crippen LogP contribution in [0.25, 0.3) is 11.3 Å². The minimum atomic E-state index is -0.929. The van der Waals surface area contributed by atoms with Crippen LogP contribution in [0.2, 0.25) is 0 Å². The molecule has 2 fully saturated rings. The first-order valence-electron chi connectivity index (χ1n) is 10.9. The van der Waals surface area contributed by atoms with Gasteiger partial charge in [-0.25, -0.2) is 9.78 Å². The summed E-state index contributed by atoms with van der Waals surface area (Å²) in [6, 6.07) is 9.70. The van der Waals surface area contributed by atoms with E-state index in [2.05, 4.69) is 4.98 Å².